The molecule has 4 rings (SSSR count). The van der Waals surface area contributed by atoms with Gasteiger partial charge in [0, 0.05) is 22.3 Å². The molecule has 1 aliphatic heterocycles. The molecule has 208 valence electrons. The van der Waals surface area contributed by atoms with Gasteiger partial charge < -0.3 is 29.6 Å². The van der Waals surface area contributed by atoms with Gasteiger partial charge in [0.25, 0.3) is 5.91 Å². The van der Waals surface area contributed by atoms with Gasteiger partial charge in [-0.1, -0.05) is 29.3 Å². The van der Waals surface area contributed by atoms with E-state index in [2.05, 4.69) is 37.1 Å². The molecule has 3 N–H and O–H groups in total. The number of benzene rings is 3. The molecule has 0 aromatic heterocycles. The van der Waals surface area contributed by atoms with E-state index in [1.165, 1.54) is 13.3 Å². The van der Waals surface area contributed by atoms with Crippen LogP contribution >= 0.6 is 39.1 Å². The van der Waals surface area contributed by atoms with E-state index in [1.54, 1.807) is 48.5 Å². The molecule has 3 aromatic rings. The summed E-state index contributed by atoms with van der Waals surface area (Å²) in [6.45, 7) is -0.0746. The number of methoxy groups -OCH3 is 1. The van der Waals surface area contributed by atoms with Crippen LogP contribution in [0, 0.1) is 0 Å². The van der Waals surface area contributed by atoms with Crippen LogP contribution in [0.1, 0.15) is 11.1 Å². The summed E-state index contributed by atoms with van der Waals surface area (Å²) >= 11 is 15.3. The van der Waals surface area contributed by atoms with E-state index < -0.39 is 17.7 Å². The van der Waals surface area contributed by atoms with Crippen LogP contribution in [-0.4, -0.2) is 44.4 Å². The molecular weight excluding hydrogens is 631 g/mol. The van der Waals surface area contributed by atoms with Gasteiger partial charge in [-0.2, -0.15) is 5.10 Å². The van der Waals surface area contributed by atoms with E-state index in [4.69, 9.17) is 42.1 Å². The highest BCUT2D eigenvalue weighted by molar-refractivity contribution is 9.10. The Kier molecular flexibility index (Phi) is 9.70. The fourth-order valence-corrected chi connectivity index (χ4v) is 4.55. The van der Waals surface area contributed by atoms with Gasteiger partial charge in [0.1, 0.15) is 0 Å². The summed E-state index contributed by atoms with van der Waals surface area (Å²) in [4.78, 5) is 36.6. The van der Waals surface area contributed by atoms with Crippen LogP contribution in [0.15, 0.2) is 58.1 Å². The molecule has 0 saturated heterocycles. The molecule has 1 aliphatic rings. The SMILES string of the molecule is COc1cc(/C=N\NC(=O)C(=O)NCc2ccc3c(c2)OCO3)cc(Br)c1OCC(=O)Nc1cc(Cl)cc(Cl)c1. The molecule has 0 bridgehead atoms. The van der Waals surface area contributed by atoms with Crippen LogP contribution in [0.2, 0.25) is 10.0 Å². The highest BCUT2D eigenvalue weighted by atomic mass is 79.9. The molecule has 40 heavy (non-hydrogen) atoms. The molecule has 1 heterocycles. The maximum Gasteiger partial charge on any atom is 0.329 e. The number of halogens is 3. The van der Waals surface area contributed by atoms with E-state index in [-0.39, 0.29) is 25.7 Å². The fraction of sp³-hybridized carbons (Fsp3) is 0.154. The first kappa shape index (κ1) is 29.0. The summed E-state index contributed by atoms with van der Waals surface area (Å²) < 4.78 is 22.0. The number of hydrazone groups is 1. The summed E-state index contributed by atoms with van der Waals surface area (Å²) in [6, 6.07) is 13.1. The van der Waals surface area contributed by atoms with Crippen molar-refractivity contribution in [2.24, 2.45) is 5.10 Å². The summed E-state index contributed by atoms with van der Waals surface area (Å²) in [5.74, 6) is -0.504. The summed E-state index contributed by atoms with van der Waals surface area (Å²) in [5, 5.41) is 9.73. The van der Waals surface area contributed by atoms with Gasteiger partial charge in [-0.25, -0.2) is 5.43 Å². The molecular formula is C26H21BrCl2N4O7. The third kappa shape index (κ3) is 7.78. The molecule has 0 fully saturated rings. The minimum absolute atomic E-state index is 0.114. The van der Waals surface area contributed by atoms with Gasteiger partial charge in [-0.15, -0.1) is 0 Å². The summed E-state index contributed by atoms with van der Waals surface area (Å²) in [5.41, 5.74) is 3.83. The first-order valence-electron chi connectivity index (χ1n) is 11.5. The van der Waals surface area contributed by atoms with E-state index in [9.17, 15) is 14.4 Å². The standard InChI is InChI=1S/C26H21BrCl2N4O7/c1-37-22-6-15(4-19(27)24(22)38-12-23(34)32-18-8-16(28)7-17(29)9-18)11-31-33-26(36)25(35)30-10-14-2-3-20-21(5-14)40-13-39-20/h2-9,11H,10,12-13H2,1H3,(H,30,35)(H,32,34)(H,33,36)/b31-11-. The Bertz CT molecular complexity index is 1470. The number of nitrogens with one attached hydrogen (secondary N) is 3. The van der Waals surface area contributed by atoms with Crippen molar-refractivity contribution in [2.45, 2.75) is 6.54 Å². The number of hydrogen-bond donors (Lipinski definition) is 3. The number of ether oxygens (including phenoxy) is 4. The predicted molar refractivity (Wildman–Crippen MR) is 151 cm³/mol. The Morgan fingerprint density at radius 2 is 1.77 bits per heavy atom. The van der Waals surface area contributed by atoms with Crippen molar-refractivity contribution in [3.05, 3.63) is 74.2 Å². The number of hydrogen-bond acceptors (Lipinski definition) is 8. The highest BCUT2D eigenvalue weighted by Gasteiger charge is 2.17. The van der Waals surface area contributed by atoms with Crippen molar-refractivity contribution in [3.8, 4) is 23.0 Å². The molecule has 11 nitrogen and oxygen atoms in total. The molecule has 0 spiro atoms. The number of amides is 3. The largest absolute Gasteiger partial charge is 0.493 e. The van der Waals surface area contributed by atoms with Gasteiger partial charge in [-0.05, 0) is 69.5 Å². The van der Waals surface area contributed by atoms with Gasteiger partial charge in [0.2, 0.25) is 6.79 Å². The maximum absolute atomic E-state index is 12.3. The summed E-state index contributed by atoms with van der Waals surface area (Å²) in [6.07, 6.45) is 1.32. The van der Waals surface area contributed by atoms with E-state index >= 15 is 0 Å². The quantitative estimate of drug-likeness (QED) is 0.179. The Balaban J connectivity index is 1.29. The van der Waals surface area contributed by atoms with Gasteiger partial charge in [-0.3, -0.25) is 14.4 Å². The van der Waals surface area contributed by atoms with Crippen LogP contribution in [0.25, 0.3) is 0 Å². The summed E-state index contributed by atoms with van der Waals surface area (Å²) in [7, 11) is 1.43. The molecule has 0 saturated carbocycles. The fourth-order valence-electron chi connectivity index (χ4n) is 3.44. The predicted octanol–water partition coefficient (Wildman–Crippen LogP) is 4.28. The number of fused-ring (bicyclic) bond motifs is 1. The molecule has 3 aromatic carbocycles. The molecule has 0 atom stereocenters. The second-order valence-corrected chi connectivity index (χ2v) is 9.83. The number of nitrogens with zero attached hydrogens (tertiary/aromatic N) is 1. The lowest BCUT2D eigenvalue weighted by molar-refractivity contribution is -0.139. The zero-order valence-electron chi connectivity index (χ0n) is 20.8. The molecule has 0 radical (unpaired) electrons. The van der Waals surface area contributed by atoms with Crippen molar-refractivity contribution < 1.29 is 33.3 Å². The lowest BCUT2D eigenvalue weighted by Gasteiger charge is -2.13. The zero-order valence-corrected chi connectivity index (χ0v) is 23.9. The van der Waals surface area contributed by atoms with Gasteiger partial charge in [0.15, 0.2) is 29.6 Å². The Morgan fingerprint density at radius 3 is 2.52 bits per heavy atom. The monoisotopic (exact) mass is 650 g/mol. The Labute approximate surface area is 246 Å². The third-order valence-corrected chi connectivity index (χ3v) is 6.25. The van der Waals surface area contributed by atoms with Crippen LogP contribution in [0.5, 0.6) is 23.0 Å². The van der Waals surface area contributed by atoms with E-state index in [0.29, 0.717) is 43.0 Å². The lowest BCUT2D eigenvalue weighted by atomic mass is 10.2. The molecule has 0 unspecified atom stereocenters. The number of carbonyl (C=O) groups excluding carboxylic acids is 3. The Morgan fingerprint density at radius 1 is 1.02 bits per heavy atom. The number of rotatable bonds is 9. The second-order valence-electron chi connectivity index (χ2n) is 8.10. The van der Waals surface area contributed by atoms with Crippen molar-refractivity contribution in [2.75, 3.05) is 25.8 Å². The first-order valence-corrected chi connectivity index (χ1v) is 13.0. The molecule has 3 amide bonds. The van der Waals surface area contributed by atoms with Crippen LogP contribution in [0.3, 0.4) is 0 Å². The van der Waals surface area contributed by atoms with E-state index in [1.807, 2.05) is 0 Å². The van der Waals surface area contributed by atoms with Gasteiger partial charge in [0.05, 0.1) is 17.8 Å². The van der Waals surface area contributed by atoms with E-state index in [0.717, 1.165) is 5.56 Å². The average molecular weight is 652 g/mol. The zero-order chi connectivity index (χ0) is 28.6. The average Bonchev–Trinajstić information content (AvgIpc) is 3.38. The van der Waals surface area contributed by atoms with Crippen LogP contribution < -0.4 is 35.0 Å². The lowest BCUT2D eigenvalue weighted by Crippen LogP contribution is -2.37. The maximum atomic E-state index is 12.3. The van der Waals surface area contributed by atoms with Crippen molar-refractivity contribution in [1.29, 1.82) is 0 Å². The van der Waals surface area contributed by atoms with Crippen LogP contribution in [-0.2, 0) is 20.9 Å². The molecule has 14 heteroatoms. The van der Waals surface area contributed by atoms with Gasteiger partial charge >= 0.3 is 11.8 Å². The normalized spacial score (nSPS) is 11.7. The first-order chi connectivity index (χ1) is 19.2. The topological polar surface area (TPSA) is 137 Å². The minimum Gasteiger partial charge on any atom is -0.493 e. The van der Waals surface area contributed by atoms with Crippen molar-refractivity contribution in [1.82, 2.24) is 10.7 Å². The number of anilines is 1. The van der Waals surface area contributed by atoms with Crippen LogP contribution in [0.4, 0.5) is 5.69 Å². The molecule has 0 aliphatic carbocycles. The number of carbonyl (C=O) groups is 3. The minimum atomic E-state index is -0.949. The van der Waals surface area contributed by atoms with Crippen molar-refractivity contribution >= 4 is 68.8 Å². The smallest absolute Gasteiger partial charge is 0.329 e. The third-order valence-electron chi connectivity index (χ3n) is 5.22. The Hall–Kier alpha value is -4.00. The second kappa shape index (κ2) is 13.4. The highest BCUT2D eigenvalue weighted by Crippen LogP contribution is 2.36. The van der Waals surface area contributed by atoms with Crippen molar-refractivity contribution in [3.63, 3.8) is 0 Å².